The molecular weight excluding hydrogens is 325 g/mol. The Labute approximate surface area is 143 Å². The average molecular weight is 367 g/mol. The van der Waals surface area contributed by atoms with Crippen LogP contribution in [-0.2, 0) is 0 Å². The molecule has 2 fully saturated rings. The van der Waals surface area contributed by atoms with Crippen molar-refractivity contribution in [1.82, 2.24) is 0 Å². The molecule has 0 amide bonds. The van der Waals surface area contributed by atoms with E-state index in [-0.39, 0.29) is 0 Å². The number of rotatable bonds is 2. The summed E-state index contributed by atoms with van der Waals surface area (Å²) in [7, 11) is 0. The molecule has 0 aliphatic heterocycles. The molecule has 0 radical (unpaired) electrons. The predicted octanol–water partition coefficient (Wildman–Crippen LogP) is 7.81. The summed E-state index contributed by atoms with van der Waals surface area (Å²) in [5.41, 5.74) is 1.23. The van der Waals surface area contributed by atoms with E-state index in [1.165, 1.54) is 25.7 Å². The zero-order valence-corrected chi connectivity index (χ0v) is 18.9. The van der Waals surface area contributed by atoms with Gasteiger partial charge < -0.3 is 0 Å². The summed E-state index contributed by atoms with van der Waals surface area (Å²) in [4.78, 5) is 0. The maximum atomic E-state index is 2.85. The van der Waals surface area contributed by atoms with Crippen molar-refractivity contribution in [2.75, 3.05) is 0 Å². The van der Waals surface area contributed by atoms with Crippen molar-refractivity contribution in [3.63, 3.8) is 0 Å². The SMILES string of the molecule is CC1(C)CC[CH]([Ge]([CH3])([CH]2CCC(C)(C)CC2)[C](C)(C)C)CC1. The standard InChI is InChI=1S/C21H42Ge/c1-19(2,3)22(8,17-9-13-20(4,5)14-10-17)18-11-15-21(6,7)16-12-18/h17-18H,9-16H2,1-8H3. The van der Waals surface area contributed by atoms with E-state index in [2.05, 4.69) is 54.2 Å². The first kappa shape index (κ1) is 18.9. The molecule has 2 aliphatic carbocycles. The fourth-order valence-corrected chi connectivity index (χ4v) is 18.3. The first-order valence-electron chi connectivity index (χ1n) is 9.87. The molecule has 0 aromatic heterocycles. The monoisotopic (exact) mass is 368 g/mol. The van der Waals surface area contributed by atoms with Gasteiger partial charge in [-0.05, 0) is 0 Å². The predicted molar refractivity (Wildman–Crippen MR) is 103 cm³/mol. The van der Waals surface area contributed by atoms with Gasteiger partial charge in [-0.1, -0.05) is 0 Å². The van der Waals surface area contributed by atoms with Gasteiger partial charge in [-0.3, -0.25) is 0 Å². The van der Waals surface area contributed by atoms with Gasteiger partial charge in [0.05, 0.1) is 0 Å². The molecule has 0 heterocycles. The Bertz CT molecular complexity index is 337. The summed E-state index contributed by atoms with van der Waals surface area (Å²) >= 11 is -1.90. The summed E-state index contributed by atoms with van der Waals surface area (Å²) in [6.45, 7) is 17.8. The van der Waals surface area contributed by atoms with Gasteiger partial charge in [0.25, 0.3) is 0 Å². The Morgan fingerprint density at radius 1 is 0.682 bits per heavy atom. The van der Waals surface area contributed by atoms with Crippen molar-refractivity contribution in [3.8, 4) is 0 Å². The molecule has 2 rings (SSSR count). The van der Waals surface area contributed by atoms with Crippen molar-refractivity contribution >= 4 is 13.3 Å². The normalized spacial score (nSPS) is 27.8. The molecule has 22 heavy (non-hydrogen) atoms. The third-order valence-corrected chi connectivity index (χ3v) is 24.3. The molecule has 130 valence electrons. The van der Waals surface area contributed by atoms with Gasteiger partial charge in [0.1, 0.15) is 0 Å². The minimum absolute atomic E-state index is 0.609. The van der Waals surface area contributed by atoms with Crippen molar-refractivity contribution in [2.45, 2.75) is 119 Å². The third kappa shape index (κ3) is 3.78. The van der Waals surface area contributed by atoms with Crippen molar-refractivity contribution in [2.24, 2.45) is 10.8 Å². The van der Waals surface area contributed by atoms with E-state index in [0.717, 1.165) is 9.50 Å². The second kappa shape index (κ2) is 6.12. The van der Waals surface area contributed by atoms with Crippen molar-refractivity contribution < 1.29 is 0 Å². The van der Waals surface area contributed by atoms with Crippen LogP contribution in [0.15, 0.2) is 0 Å². The Kier molecular flexibility index (Phi) is 5.25. The second-order valence-electron chi connectivity index (χ2n) is 11.4. The molecule has 0 unspecified atom stereocenters. The topological polar surface area (TPSA) is 0 Å². The minimum atomic E-state index is -1.90. The van der Waals surface area contributed by atoms with Gasteiger partial charge >= 0.3 is 143 Å². The zero-order valence-electron chi connectivity index (χ0n) is 16.8. The van der Waals surface area contributed by atoms with Crippen LogP contribution in [0.5, 0.6) is 0 Å². The van der Waals surface area contributed by atoms with E-state index in [1.807, 2.05) is 0 Å². The Hall–Kier alpha value is 0.543. The summed E-state index contributed by atoms with van der Waals surface area (Å²) in [5, 5.41) is 0. The molecule has 0 spiro atoms. The molecule has 2 saturated carbocycles. The van der Waals surface area contributed by atoms with Crippen molar-refractivity contribution in [1.29, 1.82) is 0 Å². The summed E-state index contributed by atoms with van der Waals surface area (Å²) in [6.07, 6.45) is 12.1. The van der Waals surface area contributed by atoms with Crippen LogP contribution in [0.3, 0.4) is 0 Å². The Morgan fingerprint density at radius 3 is 1.18 bits per heavy atom. The summed E-state index contributed by atoms with van der Waals surface area (Å²) in [5.74, 6) is 2.85. The molecule has 0 atom stereocenters. The zero-order chi connectivity index (χ0) is 16.8. The van der Waals surface area contributed by atoms with Gasteiger partial charge in [-0.25, -0.2) is 0 Å². The second-order valence-corrected chi connectivity index (χ2v) is 23.4. The molecule has 2 aliphatic rings. The van der Waals surface area contributed by atoms with E-state index in [9.17, 15) is 0 Å². The number of hydrogen-bond donors (Lipinski definition) is 0. The van der Waals surface area contributed by atoms with Crippen LogP contribution in [0.4, 0.5) is 0 Å². The van der Waals surface area contributed by atoms with Crippen LogP contribution < -0.4 is 0 Å². The van der Waals surface area contributed by atoms with E-state index in [0.29, 0.717) is 15.1 Å². The molecule has 0 bridgehead atoms. The van der Waals surface area contributed by atoms with Gasteiger partial charge in [0, 0.05) is 0 Å². The molecule has 0 nitrogen and oxygen atoms in total. The van der Waals surface area contributed by atoms with Crippen LogP contribution in [0.25, 0.3) is 0 Å². The van der Waals surface area contributed by atoms with Crippen LogP contribution in [0.2, 0.25) is 19.5 Å². The van der Waals surface area contributed by atoms with E-state index in [4.69, 9.17) is 0 Å². The van der Waals surface area contributed by atoms with Crippen LogP contribution in [0, 0.1) is 10.8 Å². The Morgan fingerprint density at radius 2 is 0.955 bits per heavy atom. The van der Waals surface area contributed by atoms with Crippen LogP contribution >= 0.6 is 0 Å². The van der Waals surface area contributed by atoms with Gasteiger partial charge in [0.15, 0.2) is 0 Å². The summed E-state index contributed by atoms with van der Waals surface area (Å²) < 4.78 is 2.86. The van der Waals surface area contributed by atoms with E-state index in [1.54, 1.807) is 25.7 Å². The molecule has 0 aromatic rings. The fraction of sp³-hybridized carbons (Fsp3) is 1.00. The van der Waals surface area contributed by atoms with E-state index < -0.39 is 13.3 Å². The van der Waals surface area contributed by atoms with Crippen LogP contribution in [0.1, 0.15) is 99.8 Å². The first-order chi connectivity index (χ1) is 9.87. The fourth-order valence-electron chi connectivity index (χ4n) is 5.56. The molecule has 0 saturated heterocycles. The van der Waals surface area contributed by atoms with Gasteiger partial charge in [0.2, 0.25) is 0 Å². The molecule has 0 N–H and O–H groups in total. The molecular formula is C21H42Ge. The number of hydrogen-bond acceptors (Lipinski definition) is 0. The first-order valence-corrected chi connectivity index (χ1v) is 15.4. The average Bonchev–Trinajstić information content (AvgIpc) is 2.36. The third-order valence-electron chi connectivity index (χ3n) is 7.99. The summed E-state index contributed by atoms with van der Waals surface area (Å²) in [6, 6.07) is 0. The van der Waals surface area contributed by atoms with Crippen molar-refractivity contribution in [3.05, 3.63) is 0 Å². The van der Waals surface area contributed by atoms with E-state index >= 15 is 0 Å². The Balaban J connectivity index is 2.19. The maximum absolute atomic E-state index is 2.85. The molecule has 1 heteroatoms. The quantitative estimate of drug-likeness (QED) is 0.437. The van der Waals surface area contributed by atoms with Gasteiger partial charge in [-0.2, -0.15) is 0 Å². The van der Waals surface area contributed by atoms with Gasteiger partial charge in [-0.15, -0.1) is 0 Å². The van der Waals surface area contributed by atoms with Crippen LogP contribution in [-0.4, -0.2) is 13.3 Å². The molecule has 0 aromatic carbocycles.